The number of amides is 1. The molecule has 2 atom stereocenters. The van der Waals surface area contributed by atoms with Crippen molar-refractivity contribution < 1.29 is 14.7 Å². The van der Waals surface area contributed by atoms with Crippen LogP contribution in [0, 0.1) is 5.41 Å². The standard InChI is InChI=1S/C10H18N2O3/c1-3-10(4-5-11-6-10)9(15)12-7(2)8(13)14/h7,11H,3-6H2,1-2H3,(H,12,15)(H,13,14)/t7-,10?/m0/s1. The summed E-state index contributed by atoms with van der Waals surface area (Å²) in [5.41, 5.74) is -0.413. The third-order valence-electron chi connectivity index (χ3n) is 3.12. The zero-order chi connectivity index (χ0) is 11.5. The van der Waals surface area contributed by atoms with E-state index in [1.54, 1.807) is 0 Å². The van der Waals surface area contributed by atoms with Crippen molar-refractivity contribution in [3.63, 3.8) is 0 Å². The van der Waals surface area contributed by atoms with Gasteiger partial charge < -0.3 is 15.7 Å². The van der Waals surface area contributed by atoms with Crippen molar-refractivity contribution in [3.8, 4) is 0 Å². The first-order valence-corrected chi connectivity index (χ1v) is 5.26. The smallest absolute Gasteiger partial charge is 0.325 e. The Bertz CT molecular complexity index is 259. The summed E-state index contributed by atoms with van der Waals surface area (Å²) in [4.78, 5) is 22.5. The summed E-state index contributed by atoms with van der Waals surface area (Å²) in [6.07, 6.45) is 1.51. The van der Waals surface area contributed by atoms with Crippen LogP contribution in [0.15, 0.2) is 0 Å². The van der Waals surface area contributed by atoms with Gasteiger partial charge in [-0.25, -0.2) is 0 Å². The van der Waals surface area contributed by atoms with Crippen LogP contribution >= 0.6 is 0 Å². The van der Waals surface area contributed by atoms with E-state index < -0.39 is 17.4 Å². The highest BCUT2D eigenvalue weighted by Gasteiger charge is 2.40. The summed E-state index contributed by atoms with van der Waals surface area (Å²) >= 11 is 0. The molecule has 1 heterocycles. The Morgan fingerprint density at radius 1 is 1.60 bits per heavy atom. The molecule has 0 aromatic heterocycles. The molecule has 5 heteroatoms. The number of carboxylic acids is 1. The minimum absolute atomic E-state index is 0.148. The number of hydrogen-bond donors (Lipinski definition) is 3. The van der Waals surface area contributed by atoms with E-state index in [0.29, 0.717) is 6.54 Å². The van der Waals surface area contributed by atoms with Crippen LogP contribution in [0.3, 0.4) is 0 Å². The van der Waals surface area contributed by atoms with Gasteiger partial charge in [0.2, 0.25) is 5.91 Å². The third kappa shape index (κ3) is 2.47. The molecule has 0 aromatic carbocycles. The van der Waals surface area contributed by atoms with E-state index in [2.05, 4.69) is 10.6 Å². The SMILES string of the molecule is CCC1(C(=O)N[C@@H](C)C(=O)O)CCNC1. The highest BCUT2D eigenvalue weighted by Crippen LogP contribution is 2.29. The van der Waals surface area contributed by atoms with Gasteiger partial charge in [0.05, 0.1) is 5.41 Å². The minimum atomic E-state index is -0.999. The van der Waals surface area contributed by atoms with Gasteiger partial charge >= 0.3 is 5.97 Å². The van der Waals surface area contributed by atoms with Gasteiger partial charge in [0.25, 0.3) is 0 Å². The molecule has 3 N–H and O–H groups in total. The fourth-order valence-corrected chi connectivity index (χ4v) is 1.81. The molecule has 15 heavy (non-hydrogen) atoms. The second-order valence-electron chi connectivity index (χ2n) is 4.09. The predicted molar refractivity (Wildman–Crippen MR) is 55.5 cm³/mol. The highest BCUT2D eigenvalue weighted by atomic mass is 16.4. The maximum atomic E-state index is 11.9. The summed E-state index contributed by atoms with van der Waals surface area (Å²) < 4.78 is 0. The first-order valence-electron chi connectivity index (χ1n) is 5.26. The van der Waals surface area contributed by atoms with Crippen molar-refractivity contribution in [2.75, 3.05) is 13.1 Å². The zero-order valence-corrected chi connectivity index (χ0v) is 9.17. The quantitative estimate of drug-likeness (QED) is 0.614. The lowest BCUT2D eigenvalue weighted by Crippen LogP contribution is -2.48. The monoisotopic (exact) mass is 214 g/mol. The van der Waals surface area contributed by atoms with Gasteiger partial charge in [-0.3, -0.25) is 9.59 Å². The van der Waals surface area contributed by atoms with Crippen LogP contribution in [0.5, 0.6) is 0 Å². The van der Waals surface area contributed by atoms with Crippen LogP contribution in [0.2, 0.25) is 0 Å². The Morgan fingerprint density at radius 2 is 2.27 bits per heavy atom. The summed E-state index contributed by atoms with van der Waals surface area (Å²) in [6, 6.07) is -0.818. The van der Waals surface area contributed by atoms with E-state index in [9.17, 15) is 9.59 Å². The molecule has 0 bridgehead atoms. The zero-order valence-electron chi connectivity index (χ0n) is 9.17. The molecule has 1 fully saturated rings. The van der Waals surface area contributed by atoms with Gasteiger partial charge in [0.1, 0.15) is 6.04 Å². The molecular formula is C10H18N2O3. The molecule has 1 aliphatic heterocycles. The Hall–Kier alpha value is -1.10. The first-order chi connectivity index (χ1) is 7.02. The lowest BCUT2D eigenvalue weighted by molar-refractivity contribution is -0.143. The largest absolute Gasteiger partial charge is 0.480 e. The summed E-state index contributed by atoms with van der Waals surface area (Å²) in [6.45, 7) is 4.90. The maximum absolute atomic E-state index is 11.9. The van der Waals surface area contributed by atoms with E-state index in [4.69, 9.17) is 5.11 Å². The number of carboxylic acid groups (broad SMARTS) is 1. The van der Waals surface area contributed by atoms with Crippen LogP contribution < -0.4 is 10.6 Å². The van der Waals surface area contributed by atoms with Crippen LogP contribution in [-0.2, 0) is 9.59 Å². The fourth-order valence-electron chi connectivity index (χ4n) is 1.81. The van der Waals surface area contributed by atoms with E-state index in [0.717, 1.165) is 19.4 Å². The molecule has 1 saturated heterocycles. The molecule has 1 aliphatic rings. The van der Waals surface area contributed by atoms with Crippen LogP contribution in [0.25, 0.3) is 0 Å². The van der Waals surface area contributed by atoms with Gasteiger partial charge in [-0.05, 0) is 26.3 Å². The molecule has 5 nitrogen and oxygen atoms in total. The molecule has 0 radical (unpaired) electrons. The van der Waals surface area contributed by atoms with E-state index in [1.807, 2.05) is 6.92 Å². The second-order valence-corrected chi connectivity index (χ2v) is 4.09. The molecule has 86 valence electrons. The molecule has 0 aliphatic carbocycles. The second kappa shape index (κ2) is 4.61. The topological polar surface area (TPSA) is 78.4 Å². The molecule has 1 rings (SSSR count). The van der Waals surface area contributed by atoms with Crippen molar-refractivity contribution in [1.82, 2.24) is 10.6 Å². The molecular weight excluding hydrogens is 196 g/mol. The van der Waals surface area contributed by atoms with Crippen molar-refractivity contribution in [3.05, 3.63) is 0 Å². The fraction of sp³-hybridized carbons (Fsp3) is 0.800. The molecule has 1 amide bonds. The van der Waals surface area contributed by atoms with Crippen molar-refractivity contribution in [2.24, 2.45) is 5.41 Å². The highest BCUT2D eigenvalue weighted by molar-refractivity contribution is 5.87. The third-order valence-corrected chi connectivity index (χ3v) is 3.12. The number of aliphatic carboxylic acids is 1. The van der Waals surface area contributed by atoms with Gasteiger partial charge in [-0.1, -0.05) is 6.92 Å². The van der Waals surface area contributed by atoms with E-state index in [-0.39, 0.29) is 5.91 Å². The summed E-state index contributed by atoms with van der Waals surface area (Å²) in [7, 11) is 0. The number of carbonyl (C=O) groups excluding carboxylic acids is 1. The number of carbonyl (C=O) groups is 2. The molecule has 0 saturated carbocycles. The number of hydrogen-bond acceptors (Lipinski definition) is 3. The minimum Gasteiger partial charge on any atom is -0.480 e. The van der Waals surface area contributed by atoms with Crippen LogP contribution in [0.1, 0.15) is 26.7 Å². The molecule has 1 unspecified atom stereocenters. The Labute approximate surface area is 89.2 Å². The average molecular weight is 214 g/mol. The average Bonchev–Trinajstić information content (AvgIpc) is 2.66. The lowest BCUT2D eigenvalue weighted by atomic mass is 9.83. The van der Waals surface area contributed by atoms with Gasteiger partial charge in [0.15, 0.2) is 0 Å². The molecule has 0 spiro atoms. The Kier molecular flexibility index (Phi) is 3.68. The Balaban J connectivity index is 2.62. The normalized spacial score (nSPS) is 27.3. The maximum Gasteiger partial charge on any atom is 0.325 e. The predicted octanol–water partition coefficient (Wildman–Crippen LogP) is -0.0346. The van der Waals surface area contributed by atoms with E-state index in [1.165, 1.54) is 6.92 Å². The number of rotatable bonds is 4. The van der Waals surface area contributed by atoms with Crippen LogP contribution in [-0.4, -0.2) is 36.1 Å². The number of nitrogens with one attached hydrogen (secondary N) is 2. The first kappa shape index (κ1) is 12.0. The van der Waals surface area contributed by atoms with Crippen LogP contribution in [0.4, 0.5) is 0 Å². The molecule has 0 aromatic rings. The van der Waals surface area contributed by atoms with Gasteiger partial charge in [0, 0.05) is 6.54 Å². The Morgan fingerprint density at radius 3 is 2.67 bits per heavy atom. The van der Waals surface area contributed by atoms with Crippen molar-refractivity contribution in [1.29, 1.82) is 0 Å². The lowest BCUT2D eigenvalue weighted by Gasteiger charge is -2.26. The summed E-state index contributed by atoms with van der Waals surface area (Å²) in [5, 5.41) is 14.4. The van der Waals surface area contributed by atoms with E-state index >= 15 is 0 Å². The van der Waals surface area contributed by atoms with Gasteiger partial charge in [-0.2, -0.15) is 0 Å². The van der Waals surface area contributed by atoms with Crippen molar-refractivity contribution in [2.45, 2.75) is 32.7 Å². The van der Waals surface area contributed by atoms with Crippen molar-refractivity contribution >= 4 is 11.9 Å². The van der Waals surface area contributed by atoms with Gasteiger partial charge in [-0.15, -0.1) is 0 Å². The summed E-state index contributed by atoms with van der Waals surface area (Å²) in [5.74, 6) is -1.15.